The van der Waals surface area contributed by atoms with Gasteiger partial charge < -0.3 is 46.2 Å². The predicted molar refractivity (Wildman–Crippen MR) is 202 cm³/mol. The second-order valence-corrected chi connectivity index (χ2v) is 14.2. The number of pyridine rings is 1. The highest BCUT2D eigenvalue weighted by Crippen LogP contribution is 2.41. The van der Waals surface area contributed by atoms with Crippen LogP contribution in [-0.4, -0.2) is 89.6 Å². The smallest absolute Gasteiger partial charge is 0.430 e. The van der Waals surface area contributed by atoms with Crippen molar-refractivity contribution in [2.75, 3.05) is 11.5 Å². The van der Waals surface area contributed by atoms with Gasteiger partial charge in [0.25, 0.3) is 11.8 Å². The van der Waals surface area contributed by atoms with E-state index < -0.39 is 64.4 Å². The van der Waals surface area contributed by atoms with Crippen molar-refractivity contribution in [1.82, 2.24) is 15.2 Å². The maximum Gasteiger partial charge on any atom is 0.430 e. The van der Waals surface area contributed by atoms with Crippen molar-refractivity contribution in [1.29, 1.82) is 0 Å². The molecule has 0 radical (unpaired) electrons. The van der Waals surface area contributed by atoms with Gasteiger partial charge in [-0.2, -0.15) is 13.2 Å². The summed E-state index contributed by atoms with van der Waals surface area (Å²) in [6, 6.07) is 6.07. The molecule has 3 atom stereocenters. The summed E-state index contributed by atoms with van der Waals surface area (Å²) in [5, 5.41) is 58.5. The maximum absolute atomic E-state index is 13.1. The van der Waals surface area contributed by atoms with Crippen molar-refractivity contribution in [2.45, 2.75) is 29.7 Å². The Balaban J connectivity index is 0.000000796. The number of allylic oxidation sites excluding steroid dienone is 2. The molecule has 0 spiro atoms. The van der Waals surface area contributed by atoms with Crippen LogP contribution in [-0.2, 0) is 41.0 Å². The summed E-state index contributed by atoms with van der Waals surface area (Å²) in [4.78, 5) is 70.0. The zero-order chi connectivity index (χ0) is 40.2. The second-order valence-electron chi connectivity index (χ2n) is 11.2. The van der Waals surface area contributed by atoms with Crippen LogP contribution in [0.5, 0.6) is 11.5 Å². The van der Waals surface area contributed by atoms with Crippen molar-refractivity contribution >= 4 is 110 Å². The number of amides is 2. The summed E-state index contributed by atoms with van der Waals surface area (Å²) in [5.74, 6) is -8.39. The number of nitrogen functional groups attached to an aromatic ring is 1. The Hall–Kier alpha value is -5.47. The number of aromatic hydroxyl groups is 2. The van der Waals surface area contributed by atoms with Crippen molar-refractivity contribution in [3.05, 3.63) is 88.2 Å². The molecule has 24 heteroatoms. The number of thiophene rings is 1. The Morgan fingerprint density at radius 3 is 2.46 bits per heavy atom. The molecule has 17 nitrogen and oxygen atoms in total. The minimum absolute atomic E-state index is 0. The maximum atomic E-state index is 13.1. The number of carboxylic acid groups (broad SMARTS) is 3. The lowest BCUT2D eigenvalue weighted by Gasteiger charge is -2.49. The van der Waals surface area contributed by atoms with Gasteiger partial charge in [0.05, 0.1) is 5.39 Å². The van der Waals surface area contributed by atoms with E-state index in [0.29, 0.717) is 18.3 Å². The van der Waals surface area contributed by atoms with E-state index in [9.17, 15) is 52.8 Å². The molecule has 5 heterocycles. The molecule has 1 saturated heterocycles. The molecule has 7 N–H and O–H groups in total. The molecule has 296 valence electrons. The van der Waals surface area contributed by atoms with Crippen LogP contribution in [0.3, 0.4) is 0 Å². The zero-order valence-corrected chi connectivity index (χ0v) is 32.6. The highest BCUT2D eigenvalue weighted by atomic mass is 127. The number of phenolic OH excluding ortho intramolecular Hbond substituents is 2. The predicted octanol–water partition coefficient (Wildman–Crippen LogP) is 1.88. The van der Waals surface area contributed by atoms with Crippen molar-refractivity contribution in [3.8, 4) is 11.5 Å². The average Bonchev–Trinajstić information content (AvgIpc) is 3.78. The van der Waals surface area contributed by atoms with Crippen LogP contribution in [0.15, 0.2) is 82.1 Å². The lowest BCUT2D eigenvalue weighted by molar-refractivity contribution is -0.685. The summed E-state index contributed by atoms with van der Waals surface area (Å²) in [5.41, 5.74) is 3.08. The van der Waals surface area contributed by atoms with E-state index >= 15 is 0 Å². The van der Waals surface area contributed by atoms with Crippen molar-refractivity contribution < 1.29 is 72.1 Å². The van der Waals surface area contributed by atoms with Gasteiger partial charge in [0.15, 0.2) is 35.6 Å². The van der Waals surface area contributed by atoms with E-state index in [1.165, 1.54) is 17.1 Å². The fraction of sp³-hybridized carbons (Fsp3) is 0.188. The summed E-state index contributed by atoms with van der Waals surface area (Å²) >= 11 is 3.82. The summed E-state index contributed by atoms with van der Waals surface area (Å²) < 4.78 is 34.7. The third-order valence-corrected chi connectivity index (χ3v) is 10.6. The van der Waals surface area contributed by atoms with E-state index in [1.54, 1.807) is 17.4 Å². The van der Waals surface area contributed by atoms with E-state index in [2.05, 4.69) is 15.5 Å². The number of fused-ring (bicyclic) bond motifs is 2. The quantitative estimate of drug-likeness (QED) is 0.0313. The molecular weight excluding hydrogens is 924 g/mol. The lowest BCUT2D eigenvalue weighted by atomic mass is 9.90. The second kappa shape index (κ2) is 17.5. The standard InChI is InChI=1S/C30H24N6O9S3.C2HF3O2.HI/c31-29-33-21(14-48-29)30(28(43)44,17-3-4-18(37)19(38)10-17)45-32-11-22(39)34-23-25(40)36-24(27(41)42)16(13-47-26(23)36)2-1-7-35-8-5-20-15(12-35)6-9-46-20;3-2(4,5)1(6)7;/h1-6,8-12,14,23,26H,7,13H2,(H6-,31,32,33,34,37,38,39,41,42,43,44);(H,6,7);1H. The van der Waals surface area contributed by atoms with Crippen LogP contribution in [0.1, 0.15) is 11.3 Å². The number of benzene rings is 1. The Bertz CT molecular complexity index is 2280. The summed E-state index contributed by atoms with van der Waals surface area (Å²) in [7, 11) is 0. The zero-order valence-electron chi connectivity index (χ0n) is 27.8. The number of aliphatic carboxylic acids is 3. The van der Waals surface area contributed by atoms with Gasteiger partial charge in [-0.25, -0.2) is 19.1 Å². The van der Waals surface area contributed by atoms with E-state index in [-0.39, 0.29) is 51.8 Å². The topological polar surface area (TPSA) is 269 Å². The Labute approximate surface area is 341 Å². The van der Waals surface area contributed by atoms with Gasteiger partial charge in [-0.1, -0.05) is 11.2 Å². The number of hydrogen-bond acceptors (Lipinski definition) is 15. The summed E-state index contributed by atoms with van der Waals surface area (Å²) in [6.07, 6.45) is 2.83. The molecule has 6 rings (SSSR count). The molecule has 4 aromatic rings. The monoisotopic (exact) mass is 950 g/mol. The van der Waals surface area contributed by atoms with Gasteiger partial charge in [-0.3, -0.25) is 14.5 Å². The molecule has 3 unspecified atom stereocenters. The van der Waals surface area contributed by atoms with Crippen molar-refractivity contribution in [2.24, 2.45) is 5.16 Å². The van der Waals surface area contributed by atoms with Gasteiger partial charge in [0.2, 0.25) is 0 Å². The fourth-order valence-electron chi connectivity index (χ4n) is 5.21. The van der Waals surface area contributed by atoms with Crippen LogP contribution < -0.4 is 20.7 Å². The molecule has 56 heavy (non-hydrogen) atoms. The number of rotatable bonds is 11. The number of halogens is 4. The van der Waals surface area contributed by atoms with E-state index in [1.807, 2.05) is 40.5 Å². The highest BCUT2D eigenvalue weighted by Gasteiger charge is 2.54. The number of hydrogen-bond donors (Lipinski definition) is 6. The third kappa shape index (κ3) is 9.14. The van der Waals surface area contributed by atoms with Crippen molar-refractivity contribution in [3.63, 3.8) is 0 Å². The molecule has 3 aromatic heterocycles. The summed E-state index contributed by atoms with van der Waals surface area (Å²) in [6.45, 7) is 0.483. The first kappa shape index (κ1) is 43.3. The Morgan fingerprint density at radius 1 is 1.14 bits per heavy atom. The lowest BCUT2D eigenvalue weighted by Crippen LogP contribution is -2.70. The number of carbonyl (C=O) groups excluding carboxylic acids is 3. The number of anilines is 1. The number of carbonyl (C=O) groups is 5. The number of oxime groups is 1. The molecule has 2 amide bonds. The number of nitrogens with zero attached hydrogens (tertiary/aromatic N) is 4. The first-order valence-electron chi connectivity index (χ1n) is 15.2. The van der Waals surface area contributed by atoms with Gasteiger partial charge in [-0.05, 0) is 41.3 Å². The minimum atomic E-state index is -5.19. The number of alkyl halides is 3. The van der Waals surface area contributed by atoms with Crippen LogP contribution in [0.25, 0.3) is 10.1 Å². The Morgan fingerprint density at radius 2 is 1.86 bits per heavy atom. The number of thiazole rings is 1. The highest BCUT2D eigenvalue weighted by molar-refractivity contribution is 14.0. The number of carboxylic acids is 3. The van der Waals surface area contributed by atoms with Gasteiger partial charge in [0, 0.05) is 27.5 Å². The molecule has 2 aliphatic heterocycles. The molecule has 0 bridgehead atoms. The number of β-lactam (4-membered cyclic amide) rings is 1. The molecule has 0 saturated carbocycles. The Kier molecular flexibility index (Phi) is 13.6. The average molecular weight is 951 g/mol. The third-order valence-electron chi connectivity index (χ3n) is 7.74. The van der Waals surface area contributed by atoms with Gasteiger partial charge in [0.1, 0.15) is 35.0 Å². The van der Waals surface area contributed by atoms with Crippen LogP contribution in [0, 0.1) is 0 Å². The van der Waals surface area contributed by atoms with Gasteiger partial charge in [-0.15, -0.1) is 58.4 Å². The van der Waals surface area contributed by atoms with Crippen LogP contribution >= 0.6 is 58.4 Å². The number of nitrogens with two attached hydrogens (primary N) is 1. The molecule has 0 aliphatic carbocycles. The first-order chi connectivity index (χ1) is 25.9. The first-order valence-corrected chi connectivity index (χ1v) is 18.0. The SMILES string of the molecule is I.Nc1nc(C(ON=CC(=O)NC2C(=O)N3C(C(=O)O)=C(C=CC[n+]4ccc5sccc5c4)CSC23)(C(=O)O)c2ccc(O)c(O)c2)cs1.O=C([O-])C(F)(F)F. The van der Waals surface area contributed by atoms with Crippen LogP contribution in [0.4, 0.5) is 18.3 Å². The number of nitrogens with one attached hydrogen (secondary N) is 1. The van der Waals surface area contributed by atoms with E-state index in [0.717, 1.165) is 44.5 Å². The van der Waals surface area contributed by atoms with Crippen LogP contribution in [0.2, 0.25) is 0 Å². The van der Waals surface area contributed by atoms with Gasteiger partial charge >= 0.3 is 23.7 Å². The molecule has 2 aliphatic rings. The fourth-order valence-corrected chi connectivity index (χ4v) is 7.89. The molecule has 1 aromatic carbocycles. The molecular formula is C32H26F3IN6O11S3. The largest absolute Gasteiger partial charge is 0.542 e. The normalized spacial score (nSPS) is 17.6. The number of thioether (sulfide) groups is 1. The number of aromatic nitrogens is 2. The van der Waals surface area contributed by atoms with E-state index in [4.69, 9.17) is 20.5 Å². The molecule has 1 fully saturated rings. The minimum Gasteiger partial charge on any atom is -0.542 e. The number of phenols is 2.